The van der Waals surface area contributed by atoms with Crippen LogP contribution in [0.5, 0.6) is 17.2 Å². The maximum atomic E-state index is 12.5. The maximum Gasteiger partial charge on any atom is 0.343 e. The minimum absolute atomic E-state index is 0.244. The van der Waals surface area contributed by atoms with Crippen molar-refractivity contribution in [3.63, 3.8) is 0 Å². The van der Waals surface area contributed by atoms with Crippen LogP contribution < -0.4 is 19.6 Å². The van der Waals surface area contributed by atoms with Crippen molar-refractivity contribution in [3.8, 4) is 17.2 Å². The van der Waals surface area contributed by atoms with Crippen LogP contribution in [0.1, 0.15) is 37.4 Å². The van der Waals surface area contributed by atoms with Gasteiger partial charge in [-0.15, -0.1) is 0 Å². The van der Waals surface area contributed by atoms with E-state index in [1.807, 2.05) is 32.0 Å². The number of benzene rings is 3. The largest absolute Gasteiger partial charge is 0.496 e. The molecule has 3 aromatic carbocycles. The Bertz CT molecular complexity index is 1150. The molecular weight excluding hydrogens is 408 g/mol. The number of carbonyl (C=O) groups is 2. The molecule has 0 spiro atoms. The molecule has 7 nitrogen and oxygen atoms in total. The summed E-state index contributed by atoms with van der Waals surface area (Å²) in [4.78, 5) is 24.9. The van der Waals surface area contributed by atoms with Crippen LogP contribution in [0.4, 0.5) is 0 Å². The first-order valence-electron chi connectivity index (χ1n) is 9.86. The van der Waals surface area contributed by atoms with E-state index in [0.717, 1.165) is 11.1 Å². The topological polar surface area (TPSA) is 86.2 Å². The molecule has 7 heteroatoms. The lowest BCUT2D eigenvalue weighted by Gasteiger charge is -2.10. The van der Waals surface area contributed by atoms with Crippen LogP contribution in [-0.4, -0.2) is 32.3 Å². The minimum Gasteiger partial charge on any atom is -0.496 e. The number of hydrogen-bond donors (Lipinski definition) is 1. The first-order valence-corrected chi connectivity index (χ1v) is 9.86. The molecule has 0 aliphatic carbocycles. The molecule has 0 heterocycles. The van der Waals surface area contributed by atoms with E-state index >= 15 is 0 Å². The Morgan fingerprint density at radius 2 is 1.50 bits per heavy atom. The average Bonchev–Trinajstić information content (AvgIpc) is 2.79. The first-order chi connectivity index (χ1) is 15.4. The van der Waals surface area contributed by atoms with Crippen molar-refractivity contribution in [1.82, 2.24) is 5.43 Å². The molecule has 1 amide bonds. The van der Waals surface area contributed by atoms with Crippen molar-refractivity contribution < 1.29 is 23.8 Å². The Morgan fingerprint density at radius 3 is 2.19 bits per heavy atom. The number of carbonyl (C=O) groups excluding carboxylic acids is 2. The third-order valence-electron chi connectivity index (χ3n) is 4.66. The average molecular weight is 432 g/mol. The minimum atomic E-state index is -0.503. The quantitative estimate of drug-likeness (QED) is 0.260. The lowest BCUT2D eigenvalue weighted by Crippen LogP contribution is -2.18. The van der Waals surface area contributed by atoms with Gasteiger partial charge in [0.25, 0.3) is 5.91 Å². The van der Waals surface area contributed by atoms with Crippen molar-refractivity contribution in [1.29, 1.82) is 0 Å². The van der Waals surface area contributed by atoms with E-state index in [-0.39, 0.29) is 5.75 Å². The molecule has 32 heavy (non-hydrogen) atoms. The van der Waals surface area contributed by atoms with E-state index in [9.17, 15) is 9.59 Å². The molecule has 0 fully saturated rings. The number of hydrazone groups is 1. The lowest BCUT2D eigenvalue weighted by molar-refractivity contribution is 0.0729. The van der Waals surface area contributed by atoms with Crippen LogP contribution in [0.3, 0.4) is 0 Å². The second-order valence-electron chi connectivity index (χ2n) is 7.07. The van der Waals surface area contributed by atoms with Gasteiger partial charge in [-0.25, -0.2) is 10.2 Å². The van der Waals surface area contributed by atoms with Crippen molar-refractivity contribution in [2.75, 3.05) is 14.2 Å². The van der Waals surface area contributed by atoms with E-state index in [4.69, 9.17) is 14.2 Å². The second-order valence-corrected chi connectivity index (χ2v) is 7.07. The summed E-state index contributed by atoms with van der Waals surface area (Å²) in [6, 6.07) is 17.3. The maximum absolute atomic E-state index is 12.5. The van der Waals surface area contributed by atoms with Crippen LogP contribution in [0.2, 0.25) is 0 Å². The number of amides is 1. The van der Waals surface area contributed by atoms with Gasteiger partial charge in [-0.2, -0.15) is 5.10 Å². The summed E-state index contributed by atoms with van der Waals surface area (Å²) in [7, 11) is 2.99. The molecular formula is C25H24N2O5. The van der Waals surface area contributed by atoms with Crippen molar-refractivity contribution in [2.24, 2.45) is 5.10 Å². The van der Waals surface area contributed by atoms with Gasteiger partial charge in [0.15, 0.2) is 11.5 Å². The molecule has 0 radical (unpaired) electrons. The zero-order chi connectivity index (χ0) is 23.1. The number of nitrogens with one attached hydrogen (secondary N) is 1. The standard InChI is InChI=1S/C25H24N2O5/c1-16-5-9-19(10-6-16)25(29)32-23-14-18(8-12-21(23)30-3)15-26-27-24(28)20-11-7-17(2)13-22(20)31-4/h5-15H,1-4H3,(H,27,28)/b26-15-. The molecule has 0 aliphatic heterocycles. The molecule has 0 aliphatic rings. The summed E-state index contributed by atoms with van der Waals surface area (Å²) in [5, 5.41) is 4.00. The molecule has 3 rings (SSSR count). The predicted molar refractivity (Wildman–Crippen MR) is 122 cm³/mol. The highest BCUT2D eigenvalue weighted by Gasteiger charge is 2.14. The number of hydrogen-bond acceptors (Lipinski definition) is 6. The van der Waals surface area contributed by atoms with E-state index in [0.29, 0.717) is 28.2 Å². The number of nitrogens with zero attached hydrogens (tertiary/aromatic N) is 1. The zero-order valence-corrected chi connectivity index (χ0v) is 18.3. The van der Waals surface area contributed by atoms with E-state index in [1.54, 1.807) is 42.5 Å². The van der Waals surface area contributed by atoms with E-state index in [1.165, 1.54) is 20.4 Å². The highest BCUT2D eigenvalue weighted by atomic mass is 16.6. The number of esters is 1. The summed E-state index contributed by atoms with van der Waals surface area (Å²) < 4.78 is 16.1. The summed E-state index contributed by atoms with van der Waals surface area (Å²) >= 11 is 0. The molecule has 0 saturated heterocycles. The van der Waals surface area contributed by atoms with Crippen molar-refractivity contribution in [3.05, 3.63) is 88.5 Å². The Hall–Kier alpha value is -4.13. The number of aryl methyl sites for hydroxylation is 2. The van der Waals surface area contributed by atoms with Crippen LogP contribution in [0.25, 0.3) is 0 Å². The Balaban J connectivity index is 1.73. The number of methoxy groups -OCH3 is 2. The molecule has 164 valence electrons. The van der Waals surface area contributed by atoms with Gasteiger partial charge in [0.05, 0.1) is 31.6 Å². The summed E-state index contributed by atoms with van der Waals surface area (Å²) in [5.41, 5.74) is 5.90. The van der Waals surface area contributed by atoms with Crippen LogP contribution in [0.15, 0.2) is 65.8 Å². The summed E-state index contributed by atoms with van der Waals surface area (Å²) in [6.07, 6.45) is 1.45. The monoisotopic (exact) mass is 432 g/mol. The molecule has 1 N–H and O–H groups in total. The van der Waals surface area contributed by atoms with Gasteiger partial charge >= 0.3 is 5.97 Å². The SMILES string of the molecule is COc1ccc(/C=N\NC(=O)c2ccc(C)cc2OC)cc1OC(=O)c1ccc(C)cc1. The summed E-state index contributed by atoms with van der Waals surface area (Å²) in [5.74, 6) is 0.201. The first kappa shape index (κ1) is 22.6. The molecule has 3 aromatic rings. The summed E-state index contributed by atoms with van der Waals surface area (Å²) in [6.45, 7) is 3.85. The normalized spacial score (nSPS) is 10.6. The van der Waals surface area contributed by atoms with Gasteiger partial charge in [0.1, 0.15) is 5.75 Å². The fourth-order valence-corrected chi connectivity index (χ4v) is 2.91. The highest BCUT2D eigenvalue weighted by molar-refractivity contribution is 5.97. The lowest BCUT2D eigenvalue weighted by atomic mass is 10.1. The van der Waals surface area contributed by atoms with Gasteiger partial charge in [0, 0.05) is 0 Å². The van der Waals surface area contributed by atoms with Crippen molar-refractivity contribution in [2.45, 2.75) is 13.8 Å². The molecule has 0 bridgehead atoms. The van der Waals surface area contributed by atoms with Crippen LogP contribution in [-0.2, 0) is 0 Å². The van der Waals surface area contributed by atoms with Gasteiger partial charge in [-0.05, 0) is 67.4 Å². The third-order valence-corrected chi connectivity index (χ3v) is 4.66. The third kappa shape index (κ3) is 5.51. The number of ether oxygens (including phenoxy) is 3. The van der Waals surface area contributed by atoms with Gasteiger partial charge in [-0.1, -0.05) is 23.8 Å². The van der Waals surface area contributed by atoms with E-state index < -0.39 is 11.9 Å². The number of rotatable bonds is 7. The fourth-order valence-electron chi connectivity index (χ4n) is 2.91. The van der Waals surface area contributed by atoms with Crippen LogP contribution in [0, 0.1) is 13.8 Å². The second kappa shape index (κ2) is 10.3. The van der Waals surface area contributed by atoms with Crippen molar-refractivity contribution >= 4 is 18.1 Å². The molecule has 0 unspecified atom stereocenters. The Morgan fingerprint density at radius 1 is 0.812 bits per heavy atom. The Labute approximate surface area is 186 Å². The molecule has 0 atom stereocenters. The predicted octanol–water partition coefficient (Wildman–Crippen LogP) is 4.30. The zero-order valence-electron chi connectivity index (χ0n) is 18.3. The van der Waals surface area contributed by atoms with Gasteiger partial charge < -0.3 is 14.2 Å². The van der Waals surface area contributed by atoms with Gasteiger partial charge in [-0.3, -0.25) is 4.79 Å². The molecule has 0 aromatic heterocycles. The van der Waals surface area contributed by atoms with Gasteiger partial charge in [0.2, 0.25) is 0 Å². The van der Waals surface area contributed by atoms with Crippen LogP contribution >= 0.6 is 0 Å². The highest BCUT2D eigenvalue weighted by Crippen LogP contribution is 2.28. The fraction of sp³-hybridized carbons (Fsp3) is 0.160. The molecule has 0 saturated carbocycles. The smallest absolute Gasteiger partial charge is 0.343 e. The Kier molecular flexibility index (Phi) is 7.23. The van der Waals surface area contributed by atoms with E-state index in [2.05, 4.69) is 10.5 Å².